The summed E-state index contributed by atoms with van der Waals surface area (Å²) in [4.78, 5) is 46.7. The first-order valence-corrected chi connectivity index (χ1v) is 14.5. The van der Waals surface area contributed by atoms with Crippen molar-refractivity contribution in [3.63, 3.8) is 0 Å². The molecule has 45 heavy (non-hydrogen) atoms. The summed E-state index contributed by atoms with van der Waals surface area (Å²) >= 11 is 6.51. The Morgan fingerprint density at radius 2 is 1.82 bits per heavy atom. The molecular formula is C28H31ClN8O8. The molecule has 4 aromatic rings. The number of nitrogens with zero attached hydrogens (tertiary/aromatic N) is 7. The van der Waals surface area contributed by atoms with E-state index in [1.807, 2.05) is 53.1 Å². The smallest absolute Gasteiger partial charge is 0.306 e. The summed E-state index contributed by atoms with van der Waals surface area (Å²) in [5.41, 5.74) is 4.28. The third kappa shape index (κ3) is 9.43. The number of aromatic amines is 1. The van der Waals surface area contributed by atoms with Crippen molar-refractivity contribution >= 4 is 17.6 Å². The maximum Gasteiger partial charge on any atom is 0.306 e. The van der Waals surface area contributed by atoms with Gasteiger partial charge in [0.15, 0.2) is 5.15 Å². The zero-order valence-electron chi connectivity index (χ0n) is 24.3. The molecule has 0 aliphatic carbocycles. The summed E-state index contributed by atoms with van der Waals surface area (Å²) < 4.78 is 7.42. The van der Waals surface area contributed by atoms with E-state index in [0.29, 0.717) is 24.5 Å². The summed E-state index contributed by atoms with van der Waals surface area (Å²) in [5.74, 6) is 0.689. The minimum Gasteiger partial charge on any atom is -0.459 e. The first-order chi connectivity index (χ1) is 21.7. The number of unbranched alkanes of at least 4 members (excludes halogenated alkanes) is 1. The van der Waals surface area contributed by atoms with E-state index in [2.05, 4.69) is 42.2 Å². The number of carbonyl (C=O) groups is 1. The van der Waals surface area contributed by atoms with Crippen molar-refractivity contribution < 1.29 is 29.4 Å². The van der Waals surface area contributed by atoms with Crippen molar-refractivity contribution in [3.05, 3.63) is 91.0 Å². The van der Waals surface area contributed by atoms with Crippen molar-refractivity contribution in [3.8, 4) is 22.5 Å². The Morgan fingerprint density at radius 1 is 1.07 bits per heavy atom. The molecule has 16 nitrogen and oxygen atoms in total. The third-order valence-electron chi connectivity index (χ3n) is 6.85. The second kappa shape index (κ2) is 16.1. The highest BCUT2D eigenvalue weighted by Gasteiger charge is 2.20. The van der Waals surface area contributed by atoms with E-state index < -0.39 is 28.9 Å². The quantitative estimate of drug-likeness (QED) is 0.0885. The lowest BCUT2D eigenvalue weighted by Crippen LogP contribution is -2.25. The topological polar surface area (TPSA) is 203 Å². The molecule has 0 saturated heterocycles. The summed E-state index contributed by atoms with van der Waals surface area (Å²) in [5, 5.41) is 33.5. The monoisotopic (exact) mass is 642 g/mol. The van der Waals surface area contributed by atoms with Crippen molar-refractivity contribution in [2.75, 3.05) is 6.61 Å². The Balaban J connectivity index is 1.43. The largest absolute Gasteiger partial charge is 0.459 e. The number of H-pyrrole nitrogens is 1. The van der Waals surface area contributed by atoms with Crippen LogP contribution in [0.2, 0.25) is 5.15 Å². The maximum absolute atomic E-state index is 12.5. The minimum atomic E-state index is -1.20. The molecule has 2 aromatic heterocycles. The lowest BCUT2D eigenvalue weighted by molar-refractivity contribution is -0.790. The molecule has 0 bridgehead atoms. The number of benzene rings is 2. The van der Waals surface area contributed by atoms with Crippen molar-refractivity contribution in [2.45, 2.75) is 64.7 Å². The van der Waals surface area contributed by atoms with Gasteiger partial charge < -0.3 is 19.0 Å². The van der Waals surface area contributed by atoms with E-state index in [0.717, 1.165) is 40.9 Å². The predicted molar refractivity (Wildman–Crippen MR) is 158 cm³/mol. The molecule has 1 N–H and O–H groups in total. The van der Waals surface area contributed by atoms with Gasteiger partial charge in [0.25, 0.3) is 10.2 Å². The van der Waals surface area contributed by atoms with Crippen LogP contribution >= 0.6 is 11.6 Å². The molecule has 17 heteroatoms. The molecule has 0 unspecified atom stereocenters. The van der Waals surface area contributed by atoms with Gasteiger partial charge in [0.2, 0.25) is 5.82 Å². The molecule has 0 radical (unpaired) electrons. The SMILES string of the molecule is CCCCc1nc(Cl)c(COC(=O)CCC[C@@H](CO[N+](=O)[O-])O[N+](=O)[O-])n1Cc1ccc(-c2ccccc2-c2nn[nH]n2)cc1. The van der Waals surface area contributed by atoms with E-state index in [9.17, 15) is 25.0 Å². The van der Waals surface area contributed by atoms with Crippen molar-refractivity contribution in [1.82, 2.24) is 30.2 Å². The number of tetrazole rings is 1. The van der Waals surface area contributed by atoms with E-state index >= 15 is 0 Å². The van der Waals surface area contributed by atoms with Gasteiger partial charge in [-0.2, -0.15) is 5.21 Å². The van der Waals surface area contributed by atoms with Crippen molar-refractivity contribution in [1.29, 1.82) is 0 Å². The molecule has 0 aliphatic rings. The van der Waals surface area contributed by atoms with E-state index in [4.69, 9.17) is 16.3 Å². The van der Waals surface area contributed by atoms with Gasteiger partial charge in [-0.05, 0) is 41.2 Å². The number of carbonyl (C=O) groups excluding carboxylic acids is 1. The van der Waals surface area contributed by atoms with Crippen LogP contribution in [0.15, 0.2) is 48.5 Å². The van der Waals surface area contributed by atoms with Gasteiger partial charge in [-0.15, -0.1) is 30.4 Å². The highest BCUT2D eigenvalue weighted by molar-refractivity contribution is 6.30. The number of hydrogen-bond donors (Lipinski definition) is 1. The number of esters is 1. The second-order valence-corrected chi connectivity index (χ2v) is 10.3. The number of halogens is 1. The highest BCUT2D eigenvalue weighted by Crippen LogP contribution is 2.30. The van der Waals surface area contributed by atoms with Crippen LogP contribution in [0.3, 0.4) is 0 Å². The van der Waals surface area contributed by atoms with Crippen LogP contribution in [0.1, 0.15) is 56.1 Å². The molecule has 0 spiro atoms. The molecule has 0 aliphatic heterocycles. The number of nitrogens with one attached hydrogen (secondary N) is 1. The van der Waals surface area contributed by atoms with Gasteiger partial charge in [0.05, 0.1) is 5.69 Å². The van der Waals surface area contributed by atoms with E-state index in [1.54, 1.807) is 0 Å². The number of aromatic nitrogens is 6. The first kappa shape index (κ1) is 32.8. The number of hydrogen-bond acceptors (Lipinski definition) is 12. The van der Waals surface area contributed by atoms with E-state index in [-0.39, 0.29) is 31.0 Å². The molecule has 0 fully saturated rings. The lowest BCUT2D eigenvalue weighted by atomic mass is 9.98. The number of ether oxygens (including phenoxy) is 1. The normalized spacial score (nSPS) is 11.6. The van der Waals surface area contributed by atoms with E-state index in [1.165, 1.54) is 0 Å². The zero-order chi connectivity index (χ0) is 32.2. The average molecular weight is 643 g/mol. The summed E-state index contributed by atoms with van der Waals surface area (Å²) in [6, 6.07) is 15.8. The fourth-order valence-electron chi connectivity index (χ4n) is 4.66. The number of imidazole rings is 1. The van der Waals surface area contributed by atoms with Crippen LogP contribution < -0.4 is 0 Å². The van der Waals surface area contributed by atoms with Gasteiger partial charge in [0.1, 0.15) is 25.1 Å². The van der Waals surface area contributed by atoms with Gasteiger partial charge >= 0.3 is 5.97 Å². The molecule has 238 valence electrons. The Morgan fingerprint density at radius 3 is 2.49 bits per heavy atom. The standard InChI is InChI=1S/C28H31ClN8O8/c1-2-3-10-25-30-27(29)24(18-43-26(38)11-6-7-21(45-37(41)42)17-44-36(39)40)35(25)16-19-12-14-20(15-13-19)22-8-4-5-9-23(22)28-31-33-34-32-28/h4-5,8-9,12-15,21H,2-3,6-7,10-11,16-18H2,1H3,(H,31,32,33,34)/t21-/m0/s1. The first-order valence-electron chi connectivity index (χ1n) is 14.1. The minimum absolute atomic E-state index is 0.0284. The molecule has 2 heterocycles. The van der Waals surface area contributed by atoms with Gasteiger partial charge in [-0.3, -0.25) is 4.79 Å². The Kier molecular flexibility index (Phi) is 11.7. The third-order valence-corrected chi connectivity index (χ3v) is 7.16. The Bertz CT molecular complexity index is 1580. The van der Waals surface area contributed by atoms with Crippen LogP contribution in [0, 0.1) is 20.2 Å². The number of rotatable bonds is 18. The summed E-state index contributed by atoms with van der Waals surface area (Å²) in [6.45, 7) is 1.75. The second-order valence-electron chi connectivity index (χ2n) is 9.96. The van der Waals surface area contributed by atoms with Crippen LogP contribution in [0.4, 0.5) is 0 Å². The predicted octanol–water partition coefficient (Wildman–Crippen LogP) is 4.77. The molecule has 4 rings (SSSR count). The molecular weight excluding hydrogens is 612 g/mol. The molecule has 0 saturated carbocycles. The van der Waals surface area contributed by atoms with Gasteiger partial charge in [0, 0.05) is 24.9 Å². The highest BCUT2D eigenvalue weighted by atomic mass is 35.5. The van der Waals surface area contributed by atoms with Crippen LogP contribution in [0.25, 0.3) is 22.5 Å². The van der Waals surface area contributed by atoms with Crippen LogP contribution in [-0.2, 0) is 38.8 Å². The van der Waals surface area contributed by atoms with Crippen LogP contribution in [0.5, 0.6) is 0 Å². The van der Waals surface area contributed by atoms with Crippen molar-refractivity contribution in [2.24, 2.45) is 0 Å². The molecule has 1 atom stereocenters. The maximum atomic E-state index is 12.5. The summed E-state index contributed by atoms with van der Waals surface area (Å²) in [7, 11) is 0. The number of aryl methyl sites for hydroxylation is 1. The summed E-state index contributed by atoms with van der Waals surface area (Å²) in [6.07, 6.45) is 1.33. The van der Waals surface area contributed by atoms with Crippen LogP contribution in [-0.4, -0.2) is 59.0 Å². The Labute approximate surface area is 261 Å². The average Bonchev–Trinajstić information content (AvgIpc) is 3.66. The fraction of sp³-hybridized carbons (Fsp3) is 0.393. The zero-order valence-corrected chi connectivity index (χ0v) is 25.1. The van der Waals surface area contributed by atoms with Gasteiger partial charge in [-0.1, -0.05) is 73.5 Å². The molecule has 0 amide bonds. The molecule has 2 aromatic carbocycles. The van der Waals surface area contributed by atoms with Gasteiger partial charge in [-0.25, -0.2) is 4.98 Å². The lowest BCUT2D eigenvalue weighted by Gasteiger charge is -2.14. The Hall–Kier alpha value is -5.12. The fourth-order valence-corrected chi connectivity index (χ4v) is 4.91.